The van der Waals surface area contributed by atoms with Crippen LogP contribution >= 0.6 is 0 Å². The van der Waals surface area contributed by atoms with E-state index < -0.39 is 6.10 Å². The van der Waals surface area contributed by atoms with Crippen molar-refractivity contribution in [1.82, 2.24) is 0 Å². The molecule has 0 aliphatic rings. The zero-order valence-electron chi connectivity index (χ0n) is 45.1. The van der Waals surface area contributed by atoms with E-state index in [9.17, 15) is 14.4 Å². The maximum atomic E-state index is 12.8. The number of ether oxygens (including phenoxy) is 3. The number of rotatable bonds is 53. The van der Waals surface area contributed by atoms with Gasteiger partial charge in [-0.3, -0.25) is 14.4 Å². The van der Waals surface area contributed by atoms with Gasteiger partial charge >= 0.3 is 17.9 Å². The second-order valence-corrected chi connectivity index (χ2v) is 19.5. The molecule has 0 heterocycles. The van der Waals surface area contributed by atoms with E-state index in [0.29, 0.717) is 19.3 Å². The van der Waals surface area contributed by atoms with Crippen LogP contribution in [0, 0.1) is 0 Å². The van der Waals surface area contributed by atoms with E-state index in [0.717, 1.165) is 96.3 Å². The van der Waals surface area contributed by atoms with Crippen LogP contribution < -0.4 is 0 Å². The summed E-state index contributed by atoms with van der Waals surface area (Å²) in [6.07, 6.45) is 70.8. The van der Waals surface area contributed by atoms with E-state index in [1.165, 1.54) is 161 Å². The van der Waals surface area contributed by atoms with E-state index in [1.54, 1.807) is 0 Å². The summed E-state index contributed by atoms with van der Waals surface area (Å²) in [6, 6.07) is 0. The molecule has 0 spiro atoms. The van der Waals surface area contributed by atoms with Gasteiger partial charge < -0.3 is 14.2 Å². The zero-order chi connectivity index (χ0) is 49.3. The van der Waals surface area contributed by atoms with Gasteiger partial charge in [-0.15, -0.1) is 0 Å². The fourth-order valence-electron chi connectivity index (χ4n) is 8.37. The SMILES string of the molecule is CC/C=C\C/C=C\C/C=C\C/C=C\CCCCCCC(=O)OC(COC(=O)CCCCCCCCCCCC)COC(=O)CCCCCCCCCCCCC/C=C\CCCCCCCCCC. The maximum Gasteiger partial charge on any atom is 0.306 e. The monoisotopic (exact) mass is 951 g/mol. The van der Waals surface area contributed by atoms with Crippen molar-refractivity contribution >= 4 is 17.9 Å². The van der Waals surface area contributed by atoms with Gasteiger partial charge in [0.05, 0.1) is 0 Å². The van der Waals surface area contributed by atoms with Crippen LogP contribution in [-0.2, 0) is 28.6 Å². The average Bonchev–Trinajstić information content (AvgIpc) is 3.34. The summed E-state index contributed by atoms with van der Waals surface area (Å²) in [7, 11) is 0. The number of esters is 3. The number of carbonyl (C=O) groups is 3. The molecule has 0 fully saturated rings. The standard InChI is InChI=1S/C62H110O6/c1-4-7-10-13-16-19-22-24-26-28-29-30-31-32-33-35-36-38-40-43-46-49-52-55-61(64)67-58-59(57-66-60(63)54-51-48-45-42-21-18-15-12-9-6-3)68-62(65)56-53-50-47-44-41-39-37-34-27-25-23-20-17-14-11-8-5-2/h8,11,17,20,25,27-29,37,39,59H,4-7,9-10,12-16,18-19,21-24,26,30-36,38,40-58H2,1-3H3/b11-8-,20-17-,27-25-,29-28-,39-37-. The molecule has 6 nitrogen and oxygen atoms in total. The predicted octanol–water partition coefficient (Wildman–Crippen LogP) is 19.6. The Bertz CT molecular complexity index is 1230. The van der Waals surface area contributed by atoms with Crippen molar-refractivity contribution in [2.75, 3.05) is 13.2 Å². The first-order valence-corrected chi connectivity index (χ1v) is 29.3. The molecule has 6 heteroatoms. The Morgan fingerprint density at radius 2 is 0.574 bits per heavy atom. The molecular formula is C62H110O6. The number of hydrogen-bond donors (Lipinski definition) is 0. The van der Waals surface area contributed by atoms with Crippen molar-refractivity contribution in [2.45, 2.75) is 303 Å². The molecule has 0 bridgehead atoms. The lowest BCUT2D eigenvalue weighted by molar-refractivity contribution is -0.167. The van der Waals surface area contributed by atoms with E-state index in [2.05, 4.69) is 81.5 Å². The highest BCUT2D eigenvalue weighted by Gasteiger charge is 2.19. The van der Waals surface area contributed by atoms with Crippen molar-refractivity contribution in [3.05, 3.63) is 60.8 Å². The van der Waals surface area contributed by atoms with E-state index in [4.69, 9.17) is 14.2 Å². The van der Waals surface area contributed by atoms with Gasteiger partial charge in [-0.05, 0) is 83.5 Å². The second-order valence-electron chi connectivity index (χ2n) is 19.5. The van der Waals surface area contributed by atoms with Crippen molar-refractivity contribution in [3.8, 4) is 0 Å². The molecule has 0 aliphatic carbocycles. The van der Waals surface area contributed by atoms with Crippen molar-refractivity contribution < 1.29 is 28.6 Å². The highest BCUT2D eigenvalue weighted by atomic mass is 16.6. The summed E-state index contributed by atoms with van der Waals surface area (Å²) < 4.78 is 16.8. The van der Waals surface area contributed by atoms with Gasteiger partial charge in [-0.2, -0.15) is 0 Å². The van der Waals surface area contributed by atoms with Crippen LogP contribution in [0.5, 0.6) is 0 Å². The number of allylic oxidation sites excluding steroid dienone is 10. The van der Waals surface area contributed by atoms with Crippen LogP contribution in [0.2, 0.25) is 0 Å². The summed E-state index contributed by atoms with van der Waals surface area (Å²) in [5, 5.41) is 0. The second kappa shape index (κ2) is 56.7. The maximum absolute atomic E-state index is 12.8. The van der Waals surface area contributed by atoms with Crippen molar-refractivity contribution in [1.29, 1.82) is 0 Å². The molecule has 0 aliphatic heterocycles. The molecule has 1 atom stereocenters. The first-order valence-electron chi connectivity index (χ1n) is 29.3. The Morgan fingerprint density at radius 3 is 0.912 bits per heavy atom. The molecule has 1 unspecified atom stereocenters. The number of hydrogen-bond acceptors (Lipinski definition) is 6. The highest BCUT2D eigenvalue weighted by molar-refractivity contribution is 5.71. The Labute approximate surface area is 421 Å². The third-order valence-corrected chi connectivity index (χ3v) is 12.8. The summed E-state index contributed by atoms with van der Waals surface area (Å²) >= 11 is 0. The third-order valence-electron chi connectivity index (χ3n) is 12.8. The number of carbonyl (C=O) groups excluding carboxylic acids is 3. The third kappa shape index (κ3) is 54.1. The van der Waals surface area contributed by atoms with Gasteiger partial charge in [0.25, 0.3) is 0 Å². The minimum absolute atomic E-state index is 0.0821. The Hall–Kier alpha value is -2.89. The molecule has 0 N–H and O–H groups in total. The van der Waals surface area contributed by atoms with Gasteiger partial charge in [0, 0.05) is 19.3 Å². The quantitative estimate of drug-likeness (QED) is 0.0262. The molecule has 0 saturated carbocycles. The summed E-state index contributed by atoms with van der Waals surface area (Å²) in [5.74, 6) is -0.897. The lowest BCUT2D eigenvalue weighted by Crippen LogP contribution is -2.30. The lowest BCUT2D eigenvalue weighted by atomic mass is 10.0. The molecule has 0 aromatic rings. The molecule has 0 radical (unpaired) electrons. The lowest BCUT2D eigenvalue weighted by Gasteiger charge is -2.18. The molecule has 0 amide bonds. The minimum atomic E-state index is -0.785. The van der Waals surface area contributed by atoms with Crippen LogP contribution in [0.25, 0.3) is 0 Å². The van der Waals surface area contributed by atoms with Crippen molar-refractivity contribution in [3.63, 3.8) is 0 Å². The predicted molar refractivity (Wildman–Crippen MR) is 293 cm³/mol. The average molecular weight is 952 g/mol. The van der Waals surface area contributed by atoms with Crippen LogP contribution in [0.3, 0.4) is 0 Å². The van der Waals surface area contributed by atoms with Gasteiger partial charge in [0.15, 0.2) is 6.10 Å². The fraction of sp³-hybridized carbons (Fsp3) is 0.790. The summed E-state index contributed by atoms with van der Waals surface area (Å²) in [6.45, 7) is 6.52. The molecule has 0 saturated heterocycles. The Morgan fingerprint density at radius 1 is 0.309 bits per heavy atom. The zero-order valence-corrected chi connectivity index (χ0v) is 45.1. The minimum Gasteiger partial charge on any atom is -0.462 e. The molecule has 0 aromatic heterocycles. The molecular weight excluding hydrogens is 841 g/mol. The van der Waals surface area contributed by atoms with Crippen LogP contribution in [0.1, 0.15) is 297 Å². The smallest absolute Gasteiger partial charge is 0.306 e. The largest absolute Gasteiger partial charge is 0.462 e. The van der Waals surface area contributed by atoms with Crippen LogP contribution in [-0.4, -0.2) is 37.2 Å². The molecule has 0 rings (SSSR count). The molecule has 394 valence electrons. The first-order chi connectivity index (χ1) is 33.5. The molecule has 68 heavy (non-hydrogen) atoms. The van der Waals surface area contributed by atoms with Crippen LogP contribution in [0.4, 0.5) is 0 Å². The van der Waals surface area contributed by atoms with E-state index in [-0.39, 0.29) is 31.1 Å². The highest BCUT2D eigenvalue weighted by Crippen LogP contribution is 2.16. The Balaban J connectivity index is 4.28. The van der Waals surface area contributed by atoms with E-state index in [1.807, 2.05) is 0 Å². The Kier molecular flexibility index (Phi) is 54.3. The van der Waals surface area contributed by atoms with Gasteiger partial charge in [-0.1, -0.05) is 255 Å². The van der Waals surface area contributed by atoms with Crippen molar-refractivity contribution in [2.24, 2.45) is 0 Å². The van der Waals surface area contributed by atoms with Gasteiger partial charge in [0.1, 0.15) is 13.2 Å². The van der Waals surface area contributed by atoms with Gasteiger partial charge in [0.2, 0.25) is 0 Å². The normalized spacial score (nSPS) is 12.5. The van der Waals surface area contributed by atoms with Gasteiger partial charge in [-0.25, -0.2) is 0 Å². The van der Waals surface area contributed by atoms with E-state index >= 15 is 0 Å². The summed E-state index contributed by atoms with van der Waals surface area (Å²) in [5.41, 5.74) is 0. The summed E-state index contributed by atoms with van der Waals surface area (Å²) in [4.78, 5) is 38.1. The van der Waals surface area contributed by atoms with Crippen LogP contribution in [0.15, 0.2) is 60.8 Å². The first kappa shape index (κ1) is 65.1. The topological polar surface area (TPSA) is 78.9 Å². The number of unbranched alkanes of at least 4 members (excludes halogenated alkanes) is 32. The fourth-order valence-corrected chi connectivity index (χ4v) is 8.37. The molecule has 0 aromatic carbocycles.